The number of para-hydroxylation sites is 1. The van der Waals surface area contributed by atoms with E-state index in [1.165, 1.54) is 23.5 Å². The minimum atomic E-state index is -3.81. The zero-order valence-corrected chi connectivity index (χ0v) is 19.3. The SMILES string of the molecule is Cc1ccc(N(C)S(=O)(=O)c2cccc(C(=O)Nc3c(C)cccc3C(C)C)c2)cc1. The normalized spacial score (nSPS) is 11.4. The van der Waals surface area contributed by atoms with Crippen LogP contribution in [0.15, 0.2) is 71.6 Å². The molecule has 0 aliphatic heterocycles. The molecule has 3 aromatic rings. The van der Waals surface area contributed by atoms with E-state index in [0.717, 1.165) is 22.4 Å². The van der Waals surface area contributed by atoms with E-state index in [1.807, 2.05) is 44.2 Å². The summed E-state index contributed by atoms with van der Waals surface area (Å²) >= 11 is 0. The number of nitrogens with one attached hydrogen (secondary N) is 1. The summed E-state index contributed by atoms with van der Waals surface area (Å²) in [5, 5.41) is 2.97. The second kappa shape index (κ2) is 8.94. The number of benzene rings is 3. The van der Waals surface area contributed by atoms with Crippen LogP contribution >= 0.6 is 0 Å². The van der Waals surface area contributed by atoms with Crippen LogP contribution in [0.5, 0.6) is 0 Å². The van der Waals surface area contributed by atoms with E-state index in [-0.39, 0.29) is 22.3 Å². The van der Waals surface area contributed by atoms with E-state index >= 15 is 0 Å². The third-order valence-corrected chi connectivity index (χ3v) is 7.10. The maximum Gasteiger partial charge on any atom is 0.264 e. The fourth-order valence-electron chi connectivity index (χ4n) is 3.38. The molecule has 0 fully saturated rings. The van der Waals surface area contributed by atoms with Gasteiger partial charge in [-0.2, -0.15) is 0 Å². The molecule has 3 rings (SSSR count). The third kappa shape index (κ3) is 4.80. The minimum absolute atomic E-state index is 0.0668. The molecule has 31 heavy (non-hydrogen) atoms. The Morgan fingerprint density at radius 3 is 2.23 bits per heavy atom. The molecule has 1 N–H and O–H groups in total. The van der Waals surface area contributed by atoms with Gasteiger partial charge in [0, 0.05) is 18.3 Å². The van der Waals surface area contributed by atoms with Crippen LogP contribution in [-0.4, -0.2) is 21.4 Å². The first-order chi connectivity index (χ1) is 14.6. The number of sulfonamides is 1. The number of carbonyl (C=O) groups is 1. The molecule has 0 atom stereocenters. The quantitative estimate of drug-likeness (QED) is 0.554. The van der Waals surface area contributed by atoms with E-state index < -0.39 is 10.0 Å². The first-order valence-corrected chi connectivity index (χ1v) is 11.6. The Bertz CT molecular complexity index is 1200. The van der Waals surface area contributed by atoms with E-state index in [4.69, 9.17) is 0 Å². The summed E-state index contributed by atoms with van der Waals surface area (Å²) in [7, 11) is -2.30. The number of hydrogen-bond donors (Lipinski definition) is 1. The molecular formula is C25H28N2O3S. The summed E-state index contributed by atoms with van der Waals surface area (Å²) in [5.74, 6) is -0.101. The van der Waals surface area contributed by atoms with Crippen LogP contribution in [0, 0.1) is 13.8 Å². The lowest BCUT2D eigenvalue weighted by molar-refractivity contribution is 0.102. The van der Waals surface area contributed by atoms with Crippen molar-refractivity contribution < 1.29 is 13.2 Å². The number of nitrogens with zero attached hydrogens (tertiary/aromatic N) is 1. The number of hydrogen-bond acceptors (Lipinski definition) is 3. The van der Waals surface area contributed by atoms with Crippen LogP contribution in [0.1, 0.15) is 46.8 Å². The zero-order chi connectivity index (χ0) is 22.8. The van der Waals surface area contributed by atoms with Crippen molar-refractivity contribution in [2.75, 3.05) is 16.7 Å². The Morgan fingerprint density at radius 1 is 0.935 bits per heavy atom. The largest absolute Gasteiger partial charge is 0.321 e. The molecule has 0 radical (unpaired) electrons. The highest BCUT2D eigenvalue weighted by Gasteiger charge is 2.23. The van der Waals surface area contributed by atoms with Gasteiger partial charge in [-0.1, -0.05) is 55.8 Å². The molecule has 0 aromatic heterocycles. The number of rotatable bonds is 6. The van der Waals surface area contributed by atoms with E-state index in [1.54, 1.807) is 24.3 Å². The molecule has 0 bridgehead atoms. The summed E-state index contributed by atoms with van der Waals surface area (Å²) < 4.78 is 27.5. The third-order valence-electron chi connectivity index (χ3n) is 5.32. The first-order valence-electron chi connectivity index (χ1n) is 10.2. The average Bonchev–Trinajstić information content (AvgIpc) is 2.75. The van der Waals surface area contributed by atoms with Crippen molar-refractivity contribution in [1.29, 1.82) is 0 Å². The molecular weight excluding hydrogens is 408 g/mol. The Labute approximate surface area is 184 Å². The Balaban J connectivity index is 1.91. The molecule has 6 heteroatoms. The lowest BCUT2D eigenvalue weighted by Crippen LogP contribution is -2.27. The summed E-state index contributed by atoms with van der Waals surface area (Å²) in [6, 6.07) is 19.3. The zero-order valence-electron chi connectivity index (χ0n) is 18.5. The van der Waals surface area contributed by atoms with Crippen LogP contribution in [0.25, 0.3) is 0 Å². The molecule has 5 nitrogen and oxygen atoms in total. The van der Waals surface area contributed by atoms with Gasteiger partial charge >= 0.3 is 0 Å². The molecule has 0 saturated carbocycles. The lowest BCUT2D eigenvalue weighted by Gasteiger charge is -2.20. The maximum absolute atomic E-state index is 13.1. The predicted molar refractivity (Wildman–Crippen MR) is 126 cm³/mol. The molecule has 0 saturated heterocycles. The van der Waals surface area contributed by atoms with Gasteiger partial charge in [0.1, 0.15) is 0 Å². The lowest BCUT2D eigenvalue weighted by atomic mass is 9.98. The van der Waals surface area contributed by atoms with Crippen LogP contribution < -0.4 is 9.62 Å². The van der Waals surface area contributed by atoms with Gasteiger partial charge in [0.05, 0.1) is 10.6 Å². The maximum atomic E-state index is 13.1. The molecule has 162 valence electrons. The van der Waals surface area contributed by atoms with Crippen LogP contribution in [0.4, 0.5) is 11.4 Å². The smallest absolute Gasteiger partial charge is 0.264 e. The van der Waals surface area contributed by atoms with Gasteiger partial charge in [-0.25, -0.2) is 8.42 Å². The van der Waals surface area contributed by atoms with Gasteiger partial charge < -0.3 is 5.32 Å². The first kappa shape index (κ1) is 22.6. The highest BCUT2D eigenvalue weighted by molar-refractivity contribution is 7.92. The van der Waals surface area contributed by atoms with Gasteiger partial charge in [0.2, 0.25) is 0 Å². The van der Waals surface area contributed by atoms with Crippen LogP contribution in [-0.2, 0) is 10.0 Å². The van der Waals surface area contributed by atoms with Gasteiger partial charge in [-0.05, 0) is 61.2 Å². The molecule has 0 unspecified atom stereocenters. The van der Waals surface area contributed by atoms with Crippen molar-refractivity contribution in [3.63, 3.8) is 0 Å². The summed E-state index contributed by atoms with van der Waals surface area (Å²) in [4.78, 5) is 13.0. The van der Waals surface area contributed by atoms with E-state index in [0.29, 0.717) is 5.69 Å². The Hall–Kier alpha value is -3.12. The molecule has 1 amide bonds. The second-order valence-electron chi connectivity index (χ2n) is 7.98. The average molecular weight is 437 g/mol. The Morgan fingerprint density at radius 2 is 1.58 bits per heavy atom. The second-order valence-corrected chi connectivity index (χ2v) is 9.95. The van der Waals surface area contributed by atoms with Gasteiger partial charge in [0.15, 0.2) is 0 Å². The molecule has 3 aromatic carbocycles. The summed E-state index contributed by atoms with van der Waals surface area (Å²) in [6.07, 6.45) is 0. The fourth-order valence-corrected chi connectivity index (χ4v) is 4.62. The van der Waals surface area contributed by atoms with Crippen molar-refractivity contribution in [3.05, 3.63) is 89.0 Å². The number of anilines is 2. The Kier molecular flexibility index (Phi) is 6.51. The fraction of sp³-hybridized carbons (Fsp3) is 0.240. The monoisotopic (exact) mass is 436 g/mol. The molecule has 0 heterocycles. The van der Waals surface area contributed by atoms with Gasteiger partial charge in [-0.15, -0.1) is 0 Å². The number of aryl methyl sites for hydroxylation is 2. The highest BCUT2D eigenvalue weighted by atomic mass is 32.2. The predicted octanol–water partition coefficient (Wildman–Crippen LogP) is 5.50. The van der Waals surface area contributed by atoms with Gasteiger partial charge in [0.25, 0.3) is 15.9 Å². The molecule has 0 aliphatic carbocycles. The molecule has 0 spiro atoms. The van der Waals surface area contributed by atoms with Crippen molar-refractivity contribution in [2.24, 2.45) is 0 Å². The number of carbonyl (C=O) groups excluding carboxylic acids is 1. The summed E-state index contributed by atoms with van der Waals surface area (Å²) in [5.41, 5.74) is 4.66. The topological polar surface area (TPSA) is 66.5 Å². The standard InChI is InChI=1S/C25H28N2O3S/c1-17(2)23-11-6-8-19(4)24(23)26-25(28)20-9-7-10-22(16-20)31(29,30)27(5)21-14-12-18(3)13-15-21/h6-17H,1-5H3,(H,26,28). The van der Waals surface area contributed by atoms with Crippen LogP contribution in [0.3, 0.4) is 0 Å². The van der Waals surface area contributed by atoms with Gasteiger partial charge in [-0.3, -0.25) is 9.10 Å². The van der Waals surface area contributed by atoms with E-state index in [2.05, 4.69) is 19.2 Å². The van der Waals surface area contributed by atoms with Crippen molar-refractivity contribution in [1.82, 2.24) is 0 Å². The van der Waals surface area contributed by atoms with E-state index in [9.17, 15) is 13.2 Å². The van der Waals surface area contributed by atoms with Crippen molar-refractivity contribution in [3.8, 4) is 0 Å². The minimum Gasteiger partial charge on any atom is -0.321 e. The van der Waals surface area contributed by atoms with Crippen molar-refractivity contribution >= 4 is 27.3 Å². The van der Waals surface area contributed by atoms with Crippen LogP contribution in [0.2, 0.25) is 0 Å². The summed E-state index contributed by atoms with van der Waals surface area (Å²) in [6.45, 7) is 8.02. The highest BCUT2D eigenvalue weighted by Crippen LogP contribution is 2.28. The van der Waals surface area contributed by atoms with Crippen molar-refractivity contribution in [2.45, 2.75) is 38.5 Å². The molecule has 0 aliphatic rings. The number of amides is 1.